The molecule has 0 amide bonds. The monoisotopic (exact) mass is 309 g/mol. The van der Waals surface area contributed by atoms with Crippen molar-refractivity contribution in [2.75, 3.05) is 12.3 Å². The van der Waals surface area contributed by atoms with Gasteiger partial charge in [0.1, 0.15) is 11.6 Å². The Kier molecular flexibility index (Phi) is 4.25. The van der Waals surface area contributed by atoms with E-state index < -0.39 is 0 Å². The molecule has 2 N–H and O–H groups in total. The Labute approximate surface area is 115 Å². The number of nitrogens with zero attached hydrogens (tertiary/aromatic N) is 2. The molecule has 0 aliphatic rings. The first-order valence-corrected chi connectivity index (χ1v) is 6.64. The Morgan fingerprint density at radius 3 is 2.67 bits per heavy atom. The van der Waals surface area contributed by atoms with Crippen molar-refractivity contribution in [1.29, 1.82) is 0 Å². The molecular weight excluding hydrogens is 294 g/mol. The van der Waals surface area contributed by atoms with Crippen molar-refractivity contribution in [1.82, 2.24) is 9.78 Å². The van der Waals surface area contributed by atoms with Gasteiger partial charge < -0.3 is 10.5 Å². The van der Waals surface area contributed by atoms with Gasteiger partial charge in [0, 0.05) is 13.0 Å². The molecule has 2 rings (SSSR count). The number of hydrogen-bond acceptors (Lipinski definition) is 3. The van der Waals surface area contributed by atoms with Gasteiger partial charge in [-0.25, -0.2) is 4.68 Å². The van der Waals surface area contributed by atoms with Crippen molar-refractivity contribution in [2.24, 2.45) is 0 Å². The highest BCUT2D eigenvalue weighted by Gasteiger charge is 2.08. The Balaban J connectivity index is 1.80. The summed E-state index contributed by atoms with van der Waals surface area (Å²) in [4.78, 5) is 0. The van der Waals surface area contributed by atoms with E-state index in [9.17, 15) is 0 Å². The standard InChI is InChI=1S/C13H16BrN3O/c1-10-12(14)13(15)17(16-10)8-5-9-18-11-6-3-2-4-7-11/h2-4,6-7H,5,8-9,15H2,1H3. The van der Waals surface area contributed by atoms with E-state index in [0.29, 0.717) is 12.4 Å². The summed E-state index contributed by atoms with van der Waals surface area (Å²) in [6, 6.07) is 9.78. The second-order valence-electron chi connectivity index (χ2n) is 4.02. The molecule has 0 saturated carbocycles. The highest BCUT2D eigenvalue weighted by atomic mass is 79.9. The molecule has 2 aromatic rings. The van der Waals surface area contributed by atoms with Gasteiger partial charge in [-0.2, -0.15) is 5.10 Å². The lowest BCUT2D eigenvalue weighted by atomic mass is 10.3. The van der Waals surface area contributed by atoms with Gasteiger partial charge in [-0.3, -0.25) is 0 Å². The highest BCUT2D eigenvalue weighted by molar-refractivity contribution is 9.10. The van der Waals surface area contributed by atoms with Crippen LogP contribution in [-0.4, -0.2) is 16.4 Å². The van der Waals surface area contributed by atoms with Crippen LogP contribution in [0, 0.1) is 6.92 Å². The zero-order chi connectivity index (χ0) is 13.0. The predicted molar refractivity (Wildman–Crippen MR) is 75.6 cm³/mol. The Hall–Kier alpha value is -1.49. The fourth-order valence-corrected chi connectivity index (χ4v) is 1.95. The van der Waals surface area contributed by atoms with Crippen molar-refractivity contribution < 1.29 is 4.74 Å². The number of nitrogen functional groups attached to an aromatic ring is 1. The summed E-state index contributed by atoms with van der Waals surface area (Å²) in [6.45, 7) is 3.34. The van der Waals surface area contributed by atoms with Gasteiger partial charge in [-0.15, -0.1) is 0 Å². The summed E-state index contributed by atoms with van der Waals surface area (Å²) in [5, 5.41) is 4.34. The quantitative estimate of drug-likeness (QED) is 0.864. The third-order valence-electron chi connectivity index (χ3n) is 2.62. The second-order valence-corrected chi connectivity index (χ2v) is 4.82. The van der Waals surface area contributed by atoms with E-state index in [2.05, 4.69) is 21.0 Å². The van der Waals surface area contributed by atoms with Crippen molar-refractivity contribution in [3.05, 3.63) is 40.5 Å². The predicted octanol–water partition coefficient (Wildman–Crippen LogP) is 3.01. The van der Waals surface area contributed by atoms with E-state index in [-0.39, 0.29) is 0 Å². The van der Waals surface area contributed by atoms with Crippen molar-refractivity contribution in [3.63, 3.8) is 0 Å². The maximum Gasteiger partial charge on any atom is 0.136 e. The van der Waals surface area contributed by atoms with E-state index in [1.165, 1.54) is 0 Å². The minimum Gasteiger partial charge on any atom is -0.494 e. The third-order valence-corrected chi connectivity index (χ3v) is 3.60. The van der Waals surface area contributed by atoms with Gasteiger partial charge in [-0.1, -0.05) is 18.2 Å². The van der Waals surface area contributed by atoms with Crippen LogP contribution in [0.5, 0.6) is 5.75 Å². The molecule has 0 unspecified atom stereocenters. The van der Waals surface area contributed by atoms with Crippen LogP contribution in [0.2, 0.25) is 0 Å². The van der Waals surface area contributed by atoms with Crippen LogP contribution in [0.1, 0.15) is 12.1 Å². The Morgan fingerprint density at radius 1 is 1.33 bits per heavy atom. The molecule has 0 saturated heterocycles. The van der Waals surface area contributed by atoms with Crippen LogP contribution in [-0.2, 0) is 6.54 Å². The van der Waals surface area contributed by atoms with Crippen LogP contribution in [0.3, 0.4) is 0 Å². The first-order valence-electron chi connectivity index (χ1n) is 5.84. The summed E-state index contributed by atoms with van der Waals surface area (Å²) in [7, 11) is 0. The zero-order valence-corrected chi connectivity index (χ0v) is 11.9. The highest BCUT2D eigenvalue weighted by Crippen LogP contribution is 2.22. The number of ether oxygens (including phenoxy) is 1. The smallest absolute Gasteiger partial charge is 0.136 e. The van der Waals surface area contributed by atoms with E-state index in [0.717, 1.165) is 28.9 Å². The topological polar surface area (TPSA) is 53.1 Å². The number of rotatable bonds is 5. The minimum atomic E-state index is 0.653. The van der Waals surface area contributed by atoms with E-state index in [4.69, 9.17) is 10.5 Å². The molecule has 0 bridgehead atoms. The van der Waals surface area contributed by atoms with E-state index in [1.54, 1.807) is 4.68 Å². The molecule has 0 aliphatic heterocycles. The van der Waals surface area contributed by atoms with Crippen LogP contribution < -0.4 is 10.5 Å². The summed E-state index contributed by atoms with van der Waals surface area (Å²) in [5.74, 6) is 1.57. The molecule has 5 heteroatoms. The molecule has 0 fully saturated rings. The van der Waals surface area contributed by atoms with Gasteiger partial charge in [-0.05, 0) is 35.0 Å². The van der Waals surface area contributed by atoms with Gasteiger partial charge in [0.05, 0.1) is 16.8 Å². The molecular formula is C13H16BrN3O. The van der Waals surface area contributed by atoms with E-state index in [1.807, 2.05) is 37.3 Å². The zero-order valence-electron chi connectivity index (χ0n) is 10.3. The minimum absolute atomic E-state index is 0.653. The van der Waals surface area contributed by atoms with Crippen molar-refractivity contribution >= 4 is 21.7 Å². The third kappa shape index (κ3) is 3.04. The van der Waals surface area contributed by atoms with Gasteiger partial charge in [0.15, 0.2) is 0 Å². The van der Waals surface area contributed by atoms with Crippen LogP contribution in [0.25, 0.3) is 0 Å². The number of para-hydroxylation sites is 1. The van der Waals surface area contributed by atoms with E-state index >= 15 is 0 Å². The Morgan fingerprint density at radius 2 is 2.06 bits per heavy atom. The van der Waals surface area contributed by atoms with Gasteiger partial charge in [0.2, 0.25) is 0 Å². The molecule has 96 valence electrons. The number of aromatic nitrogens is 2. The second kappa shape index (κ2) is 5.91. The molecule has 0 aliphatic carbocycles. The average Bonchev–Trinajstić information content (AvgIpc) is 2.64. The largest absolute Gasteiger partial charge is 0.494 e. The van der Waals surface area contributed by atoms with Crippen molar-refractivity contribution in [3.8, 4) is 5.75 Å². The lowest BCUT2D eigenvalue weighted by Crippen LogP contribution is -2.08. The molecule has 0 atom stereocenters. The first-order chi connectivity index (χ1) is 8.68. The maximum atomic E-state index is 5.91. The van der Waals surface area contributed by atoms with Gasteiger partial charge in [0.25, 0.3) is 0 Å². The van der Waals surface area contributed by atoms with Crippen LogP contribution in [0.4, 0.5) is 5.82 Å². The molecule has 0 radical (unpaired) electrons. The fraction of sp³-hybridized carbons (Fsp3) is 0.308. The molecule has 1 heterocycles. The summed E-state index contributed by atoms with van der Waals surface area (Å²) in [6.07, 6.45) is 0.868. The number of aryl methyl sites for hydroxylation is 2. The number of hydrogen-bond donors (Lipinski definition) is 1. The maximum absolute atomic E-state index is 5.91. The molecule has 0 spiro atoms. The molecule has 1 aromatic carbocycles. The fourth-order valence-electron chi connectivity index (χ4n) is 1.67. The van der Waals surface area contributed by atoms with Crippen LogP contribution >= 0.6 is 15.9 Å². The lowest BCUT2D eigenvalue weighted by molar-refractivity contribution is 0.299. The molecule has 18 heavy (non-hydrogen) atoms. The average molecular weight is 310 g/mol. The SMILES string of the molecule is Cc1nn(CCCOc2ccccc2)c(N)c1Br. The lowest BCUT2D eigenvalue weighted by Gasteiger charge is -2.06. The molecule has 4 nitrogen and oxygen atoms in total. The first kappa shape index (κ1) is 13.0. The summed E-state index contributed by atoms with van der Waals surface area (Å²) >= 11 is 3.41. The summed E-state index contributed by atoms with van der Waals surface area (Å²) in [5.41, 5.74) is 6.82. The van der Waals surface area contributed by atoms with Gasteiger partial charge >= 0.3 is 0 Å². The normalized spacial score (nSPS) is 10.6. The number of anilines is 1. The van der Waals surface area contributed by atoms with Crippen LogP contribution in [0.15, 0.2) is 34.8 Å². The Bertz CT molecular complexity index is 510. The number of nitrogens with two attached hydrogens (primary N) is 1. The summed E-state index contributed by atoms with van der Waals surface area (Å²) < 4.78 is 8.29. The number of benzene rings is 1. The number of halogens is 1. The van der Waals surface area contributed by atoms with Crippen molar-refractivity contribution in [2.45, 2.75) is 19.9 Å². The molecule has 1 aromatic heterocycles.